The Labute approximate surface area is 103 Å². The minimum Gasteiger partial charge on any atom is -0.461 e. The van der Waals surface area contributed by atoms with Crippen LogP contribution >= 0.6 is 0 Å². The first-order chi connectivity index (χ1) is 8.60. The summed E-state index contributed by atoms with van der Waals surface area (Å²) in [4.78, 5) is 32.1. The molecule has 2 amide bonds. The molecule has 2 N–H and O–H groups in total. The number of alkyl carbamates (subject to hydrolysis) is 1. The zero-order valence-corrected chi connectivity index (χ0v) is 9.74. The van der Waals surface area contributed by atoms with Gasteiger partial charge in [-0.05, 0) is 0 Å². The highest BCUT2D eigenvalue weighted by molar-refractivity contribution is 5.81. The summed E-state index contributed by atoms with van der Waals surface area (Å²) in [6, 6.07) is 0. The summed E-state index contributed by atoms with van der Waals surface area (Å²) in [5.41, 5.74) is 0. The highest BCUT2D eigenvalue weighted by Crippen LogP contribution is 1.80. The Kier molecular flexibility index (Phi) is 8.88. The molecule has 0 aromatic carbocycles. The second-order valence-corrected chi connectivity index (χ2v) is 2.92. The highest BCUT2D eigenvalue weighted by Gasteiger charge is 2.03. The maximum atomic E-state index is 11.7. The van der Waals surface area contributed by atoms with Crippen LogP contribution in [-0.4, -0.2) is 50.9 Å². The van der Waals surface area contributed by atoms with E-state index in [2.05, 4.69) is 26.7 Å². The van der Waals surface area contributed by atoms with Crippen LogP contribution in [0.3, 0.4) is 0 Å². The van der Waals surface area contributed by atoms with Crippen LogP contribution < -0.4 is 10.6 Å². The number of halogens is 1. The van der Waals surface area contributed by atoms with Gasteiger partial charge in [0.05, 0.1) is 13.1 Å². The van der Waals surface area contributed by atoms with Gasteiger partial charge in [-0.1, -0.05) is 6.58 Å². The molecule has 7 nitrogen and oxygen atoms in total. The van der Waals surface area contributed by atoms with Gasteiger partial charge in [-0.2, -0.15) is 0 Å². The van der Waals surface area contributed by atoms with Crippen molar-refractivity contribution < 1.29 is 28.2 Å². The zero-order valence-electron chi connectivity index (χ0n) is 9.74. The van der Waals surface area contributed by atoms with Crippen molar-refractivity contribution in [2.45, 2.75) is 0 Å². The number of hydrogen-bond donors (Lipinski definition) is 2. The van der Waals surface area contributed by atoms with Crippen LogP contribution in [0.1, 0.15) is 0 Å². The van der Waals surface area contributed by atoms with Crippen LogP contribution in [0.4, 0.5) is 9.18 Å². The fourth-order valence-corrected chi connectivity index (χ4v) is 0.796. The topological polar surface area (TPSA) is 93.7 Å². The lowest BCUT2D eigenvalue weighted by Gasteiger charge is -2.07. The minimum atomic E-state index is -1.11. The summed E-state index contributed by atoms with van der Waals surface area (Å²) >= 11 is 0. The molecule has 0 spiro atoms. The Morgan fingerprint density at radius 2 is 1.72 bits per heavy atom. The lowest BCUT2D eigenvalue weighted by molar-refractivity contribution is -0.137. The first-order valence-electron chi connectivity index (χ1n) is 5.12. The normalized spacial score (nSPS) is 9.17. The standard InChI is InChI=1S/C10H15FN2O5/c1-2-9(15)17-5-4-13-10(16)18-6-3-12-8(14)7-11/h2H,1,3-7H2,(H,12,14)(H,13,16). The van der Waals surface area contributed by atoms with Crippen molar-refractivity contribution in [1.29, 1.82) is 0 Å². The quantitative estimate of drug-likeness (QED) is 0.350. The first kappa shape index (κ1) is 15.9. The van der Waals surface area contributed by atoms with E-state index in [-0.39, 0.29) is 26.3 Å². The lowest BCUT2D eigenvalue weighted by Crippen LogP contribution is -2.33. The van der Waals surface area contributed by atoms with Gasteiger partial charge in [0.2, 0.25) is 0 Å². The number of hydrogen-bond acceptors (Lipinski definition) is 5. The second kappa shape index (κ2) is 10.1. The number of carbonyl (C=O) groups is 3. The van der Waals surface area contributed by atoms with E-state index in [9.17, 15) is 18.8 Å². The van der Waals surface area contributed by atoms with Crippen molar-refractivity contribution in [3.63, 3.8) is 0 Å². The van der Waals surface area contributed by atoms with E-state index >= 15 is 0 Å². The summed E-state index contributed by atoms with van der Waals surface area (Å²) in [6.07, 6.45) is 0.283. The average Bonchev–Trinajstić information content (AvgIpc) is 2.38. The van der Waals surface area contributed by atoms with E-state index in [1.54, 1.807) is 0 Å². The molecule has 18 heavy (non-hydrogen) atoms. The molecule has 8 heteroatoms. The molecule has 0 aliphatic rings. The Balaban J connectivity index is 3.40. The van der Waals surface area contributed by atoms with Crippen LogP contribution in [0.25, 0.3) is 0 Å². The fourth-order valence-electron chi connectivity index (χ4n) is 0.796. The number of rotatable bonds is 8. The molecule has 0 aliphatic carbocycles. The molecular weight excluding hydrogens is 247 g/mol. The number of ether oxygens (including phenoxy) is 2. The summed E-state index contributed by atoms with van der Waals surface area (Å²) in [5, 5.41) is 4.48. The molecule has 0 fully saturated rings. The molecule has 0 saturated carbocycles. The van der Waals surface area contributed by atoms with Crippen LogP contribution in [0.15, 0.2) is 12.7 Å². The van der Waals surface area contributed by atoms with Crippen molar-refractivity contribution in [3.8, 4) is 0 Å². The molecule has 102 valence electrons. The maximum absolute atomic E-state index is 11.7. The van der Waals surface area contributed by atoms with E-state index in [0.29, 0.717) is 0 Å². The number of nitrogens with one attached hydrogen (secondary N) is 2. The third kappa shape index (κ3) is 9.13. The molecule has 0 saturated heterocycles. The molecule has 0 aliphatic heterocycles. The lowest BCUT2D eigenvalue weighted by atomic mass is 10.6. The van der Waals surface area contributed by atoms with Crippen molar-refractivity contribution in [3.05, 3.63) is 12.7 Å². The van der Waals surface area contributed by atoms with Crippen LogP contribution in [0.5, 0.6) is 0 Å². The fraction of sp³-hybridized carbons (Fsp3) is 0.500. The van der Waals surface area contributed by atoms with Crippen molar-refractivity contribution in [1.82, 2.24) is 10.6 Å². The number of amides is 2. The summed E-state index contributed by atoms with van der Waals surface area (Å²) in [6.45, 7) is 2.13. The van der Waals surface area contributed by atoms with Crippen LogP contribution in [0.2, 0.25) is 0 Å². The molecule has 0 aromatic rings. The summed E-state index contributed by atoms with van der Waals surface area (Å²) in [5.74, 6) is -1.35. The monoisotopic (exact) mass is 262 g/mol. The Morgan fingerprint density at radius 1 is 1.11 bits per heavy atom. The van der Waals surface area contributed by atoms with Crippen LogP contribution in [0, 0.1) is 0 Å². The number of carbonyl (C=O) groups excluding carboxylic acids is 3. The molecule has 0 heterocycles. The van der Waals surface area contributed by atoms with Crippen molar-refractivity contribution in [2.75, 3.05) is 33.0 Å². The third-order valence-corrected chi connectivity index (χ3v) is 1.56. The summed E-state index contributed by atoms with van der Waals surface area (Å²) in [7, 11) is 0. The van der Waals surface area contributed by atoms with Gasteiger partial charge in [-0.25, -0.2) is 14.0 Å². The SMILES string of the molecule is C=CC(=O)OCCNC(=O)OCCNC(=O)CF. The maximum Gasteiger partial charge on any atom is 0.407 e. The van der Waals surface area contributed by atoms with Gasteiger partial charge in [-0.15, -0.1) is 0 Å². The smallest absolute Gasteiger partial charge is 0.407 e. The van der Waals surface area contributed by atoms with Gasteiger partial charge in [-0.3, -0.25) is 4.79 Å². The molecule has 0 aromatic heterocycles. The second-order valence-electron chi connectivity index (χ2n) is 2.92. The van der Waals surface area contributed by atoms with Gasteiger partial charge in [0.15, 0.2) is 6.67 Å². The Bertz CT molecular complexity index is 309. The number of alkyl halides is 1. The van der Waals surface area contributed by atoms with Gasteiger partial charge >= 0.3 is 12.1 Å². The first-order valence-corrected chi connectivity index (χ1v) is 5.12. The van der Waals surface area contributed by atoms with E-state index in [0.717, 1.165) is 6.08 Å². The van der Waals surface area contributed by atoms with Crippen molar-refractivity contribution in [2.24, 2.45) is 0 Å². The average molecular weight is 262 g/mol. The highest BCUT2D eigenvalue weighted by atomic mass is 19.1. The molecule has 0 bridgehead atoms. The van der Waals surface area contributed by atoms with E-state index in [1.165, 1.54) is 0 Å². The van der Waals surface area contributed by atoms with E-state index in [4.69, 9.17) is 0 Å². The minimum absolute atomic E-state index is 0.00145. The van der Waals surface area contributed by atoms with Gasteiger partial charge in [0.1, 0.15) is 13.2 Å². The third-order valence-electron chi connectivity index (χ3n) is 1.56. The zero-order chi connectivity index (χ0) is 13.8. The van der Waals surface area contributed by atoms with E-state index < -0.39 is 24.6 Å². The Morgan fingerprint density at radius 3 is 2.33 bits per heavy atom. The van der Waals surface area contributed by atoms with Crippen molar-refractivity contribution >= 4 is 18.0 Å². The molecular formula is C10H15FN2O5. The van der Waals surface area contributed by atoms with Gasteiger partial charge < -0.3 is 20.1 Å². The number of esters is 1. The van der Waals surface area contributed by atoms with Gasteiger partial charge in [0, 0.05) is 6.08 Å². The van der Waals surface area contributed by atoms with E-state index in [1.807, 2.05) is 0 Å². The Hall–Kier alpha value is -2.12. The van der Waals surface area contributed by atoms with Crippen LogP contribution in [-0.2, 0) is 19.1 Å². The van der Waals surface area contributed by atoms with Gasteiger partial charge in [0.25, 0.3) is 5.91 Å². The molecule has 0 unspecified atom stereocenters. The predicted molar refractivity (Wildman–Crippen MR) is 59.5 cm³/mol. The molecule has 0 radical (unpaired) electrons. The molecule has 0 atom stereocenters. The predicted octanol–water partition coefficient (Wildman–Crippen LogP) is -0.472. The molecule has 0 rings (SSSR count). The largest absolute Gasteiger partial charge is 0.461 e. The summed E-state index contributed by atoms with van der Waals surface area (Å²) < 4.78 is 20.9.